The van der Waals surface area contributed by atoms with E-state index in [2.05, 4.69) is 0 Å². The van der Waals surface area contributed by atoms with Gasteiger partial charge in [-0.25, -0.2) is 0 Å². The van der Waals surface area contributed by atoms with Gasteiger partial charge in [0.1, 0.15) is 5.75 Å². The third-order valence-electron chi connectivity index (χ3n) is 2.32. The Morgan fingerprint density at radius 3 is 2.60 bits per heavy atom. The molecule has 1 aromatic carbocycles. The van der Waals surface area contributed by atoms with Crippen molar-refractivity contribution in [3.05, 3.63) is 28.8 Å². The SMILES string of the molecule is CCC(CC)Oc1c(Cl)cccc1C=O. The molecule has 3 heteroatoms. The Bertz CT molecular complexity index is 332. The number of hydrogen-bond donors (Lipinski definition) is 0. The Kier molecular flexibility index (Phi) is 4.63. The van der Waals surface area contributed by atoms with Crippen LogP contribution in [0, 0.1) is 0 Å². The highest BCUT2D eigenvalue weighted by Crippen LogP contribution is 2.29. The van der Waals surface area contributed by atoms with Gasteiger partial charge in [-0.05, 0) is 25.0 Å². The normalized spacial score (nSPS) is 10.4. The van der Waals surface area contributed by atoms with E-state index >= 15 is 0 Å². The number of halogens is 1. The summed E-state index contributed by atoms with van der Waals surface area (Å²) in [6, 6.07) is 5.18. The average molecular weight is 227 g/mol. The average Bonchev–Trinajstić information content (AvgIpc) is 2.27. The maximum Gasteiger partial charge on any atom is 0.153 e. The topological polar surface area (TPSA) is 26.3 Å². The molecule has 0 heterocycles. The molecule has 0 amide bonds. The lowest BCUT2D eigenvalue weighted by atomic mass is 10.2. The Morgan fingerprint density at radius 2 is 2.07 bits per heavy atom. The number of benzene rings is 1. The standard InChI is InChI=1S/C12H15ClO2/c1-3-10(4-2)15-12-9(8-14)6-5-7-11(12)13/h5-8,10H,3-4H2,1-2H3. The van der Waals surface area contributed by atoms with Gasteiger partial charge in [0.15, 0.2) is 6.29 Å². The van der Waals surface area contributed by atoms with Crippen LogP contribution in [0.15, 0.2) is 18.2 Å². The maximum absolute atomic E-state index is 10.8. The van der Waals surface area contributed by atoms with Crippen molar-refractivity contribution < 1.29 is 9.53 Å². The largest absolute Gasteiger partial charge is 0.488 e. The van der Waals surface area contributed by atoms with Crippen LogP contribution in [0.5, 0.6) is 5.75 Å². The molecule has 0 fully saturated rings. The molecule has 2 nitrogen and oxygen atoms in total. The van der Waals surface area contributed by atoms with Crippen molar-refractivity contribution in [1.82, 2.24) is 0 Å². The first kappa shape index (κ1) is 12.1. The summed E-state index contributed by atoms with van der Waals surface area (Å²) in [7, 11) is 0. The van der Waals surface area contributed by atoms with Gasteiger partial charge in [-0.15, -0.1) is 0 Å². The molecular formula is C12H15ClO2. The van der Waals surface area contributed by atoms with Crippen molar-refractivity contribution >= 4 is 17.9 Å². The number of para-hydroxylation sites is 1. The van der Waals surface area contributed by atoms with Crippen LogP contribution >= 0.6 is 11.6 Å². The van der Waals surface area contributed by atoms with E-state index in [1.807, 2.05) is 13.8 Å². The van der Waals surface area contributed by atoms with E-state index < -0.39 is 0 Å². The molecule has 0 saturated heterocycles. The number of aldehydes is 1. The molecule has 0 unspecified atom stereocenters. The van der Waals surface area contributed by atoms with Gasteiger partial charge in [0.05, 0.1) is 16.7 Å². The van der Waals surface area contributed by atoms with Crippen LogP contribution in [0.1, 0.15) is 37.0 Å². The van der Waals surface area contributed by atoms with E-state index in [4.69, 9.17) is 16.3 Å². The number of carbonyl (C=O) groups is 1. The van der Waals surface area contributed by atoms with Crippen LogP contribution < -0.4 is 4.74 Å². The van der Waals surface area contributed by atoms with E-state index in [9.17, 15) is 4.79 Å². The molecule has 0 aromatic heterocycles. The molecule has 1 rings (SSSR count). The Balaban J connectivity index is 2.96. The first-order chi connectivity index (χ1) is 7.22. The van der Waals surface area contributed by atoms with Crippen molar-refractivity contribution in [1.29, 1.82) is 0 Å². The van der Waals surface area contributed by atoms with Crippen molar-refractivity contribution in [3.8, 4) is 5.75 Å². The summed E-state index contributed by atoms with van der Waals surface area (Å²) in [5.74, 6) is 0.503. The van der Waals surface area contributed by atoms with Crippen LogP contribution in [-0.4, -0.2) is 12.4 Å². The lowest BCUT2D eigenvalue weighted by Gasteiger charge is -2.17. The fourth-order valence-electron chi connectivity index (χ4n) is 1.36. The summed E-state index contributed by atoms with van der Waals surface area (Å²) in [6.07, 6.45) is 2.69. The molecule has 1 aromatic rings. The van der Waals surface area contributed by atoms with E-state index in [1.165, 1.54) is 0 Å². The van der Waals surface area contributed by atoms with E-state index in [0.717, 1.165) is 19.1 Å². The fourth-order valence-corrected chi connectivity index (χ4v) is 1.59. The number of ether oxygens (including phenoxy) is 1. The molecule has 0 N–H and O–H groups in total. The smallest absolute Gasteiger partial charge is 0.153 e. The predicted octanol–water partition coefficient (Wildman–Crippen LogP) is 3.72. The minimum atomic E-state index is 0.114. The minimum Gasteiger partial charge on any atom is -0.488 e. The molecule has 0 bridgehead atoms. The van der Waals surface area contributed by atoms with E-state index in [-0.39, 0.29) is 6.10 Å². The highest BCUT2D eigenvalue weighted by Gasteiger charge is 2.12. The van der Waals surface area contributed by atoms with E-state index in [0.29, 0.717) is 16.3 Å². The molecule has 0 aliphatic heterocycles. The Morgan fingerprint density at radius 1 is 1.40 bits per heavy atom. The summed E-state index contributed by atoms with van der Waals surface area (Å²) < 4.78 is 5.70. The van der Waals surface area contributed by atoms with Crippen LogP contribution in [-0.2, 0) is 0 Å². The molecule has 0 saturated carbocycles. The van der Waals surface area contributed by atoms with Crippen LogP contribution in [0.25, 0.3) is 0 Å². The quantitative estimate of drug-likeness (QED) is 0.716. The molecule has 0 aliphatic rings. The summed E-state index contributed by atoms with van der Waals surface area (Å²) in [6.45, 7) is 4.09. The molecule has 15 heavy (non-hydrogen) atoms. The van der Waals surface area contributed by atoms with Gasteiger partial charge >= 0.3 is 0 Å². The maximum atomic E-state index is 10.8. The second-order valence-electron chi connectivity index (χ2n) is 3.33. The van der Waals surface area contributed by atoms with Crippen LogP contribution in [0.4, 0.5) is 0 Å². The summed E-state index contributed by atoms with van der Waals surface area (Å²) in [5.41, 5.74) is 0.509. The fraction of sp³-hybridized carbons (Fsp3) is 0.417. The van der Waals surface area contributed by atoms with Crippen molar-refractivity contribution in [2.45, 2.75) is 32.8 Å². The van der Waals surface area contributed by atoms with E-state index in [1.54, 1.807) is 18.2 Å². The first-order valence-corrected chi connectivity index (χ1v) is 5.51. The molecule has 0 radical (unpaired) electrons. The molecule has 82 valence electrons. The monoisotopic (exact) mass is 226 g/mol. The molecule has 0 atom stereocenters. The summed E-state index contributed by atoms with van der Waals surface area (Å²) in [4.78, 5) is 10.8. The molecular weight excluding hydrogens is 212 g/mol. The van der Waals surface area contributed by atoms with Gasteiger partial charge in [-0.3, -0.25) is 4.79 Å². The van der Waals surface area contributed by atoms with Crippen molar-refractivity contribution in [3.63, 3.8) is 0 Å². The van der Waals surface area contributed by atoms with Gasteiger partial charge in [0, 0.05) is 0 Å². The second kappa shape index (κ2) is 5.76. The number of rotatable bonds is 5. The van der Waals surface area contributed by atoms with Gasteiger partial charge in [0.2, 0.25) is 0 Å². The van der Waals surface area contributed by atoms with Gasteiger partial charge in [-0.1, -0.05) is 31.5 Å². The van der Waals surface area contributed by atoms with Crippen LogP contribution in [0.3, 0.4) is 0 Å². The zero-order valence-corrected chi connectivity index (χ0v) is 9.75. The molecule has 0 spiro atoms. The highest BCUT2D eigenvalue weighted by atomic mass is 35.5. The zero-order chi connectivity index (χ0) is 11.3. The lowest BCUT2D eigenvalue weighted by molar-refractivity contribution is 0.111. The van der Waals surface area contributed by atoms with Gasteiger partial charge < -0.3 is 4.74 Å². The first-order valence-electron chi connectivity index (χ1n) is 5.13. The third kappa shape index (κ3) is 2.96. The zero-order valence-electron chi connectivity index (χ0n) is 9.00. The lowest BCUT2D eigenvalue weighted by Crippen LogP contribution is -2.14. The second-order valence-corrected chi connectivity index (χ2v) is 3.74. The molecule has 0 aliphatic carbocycles. The van der Waals surface area contributed by atoms with Crippen LogP contribution in [0.2, 0.25) is 5.02 Å². The number of carbonyl (C=O) groups excluding carboxylic acids is 1. The van der Waals surface area contributed by atoms with Crippen molar-refractivity contribution in [2.75, 3.05) is 0 Å². The Hall–Kier alpha value is -1.02. The van der Waals surface area contributed by atoms with Gasteiger partial charge in [0.25, 0.3) is 0 Å². The summed E-state index contributed by atoms with van der Waals surface area (Å²) in [5, 5.41) is 0.492. The van der Waals surface area contributed by atoms with Gasteiger partial charge in [-0.2, -0.15) is 0 Å². The minimum absolute atomic E-state index is 0.114. The van der Waals surface area contributed by atoms with Crippen molar-refractivity contribution in [2.24, 2.45) is 0 Å². The number of hydrogen-bond acceptors (Lipinski definition) is 2. The summed E-state index contributed by atoms with van der Waals surface area (Å²) >= 11 is 5.98. The predicted molar refractivity (Wildman–Crippen MR) is 61.8 cm³/mol. The Labute approximate surface area is 95.2 Å². The third-order valence-corrected chi connectivity index (χ3v) is 2.62. The highest BCUT2D eigenvalue weighted by molar-refractivity contribution is 6.32.